The molecular formula is C14H19NO4. The minimum atomic E-state index is -0.525. The van der Waals surface area contributed by atoms with Gasteiger partial charge in [0.25, 0.3) is 5.91 Å². The highest BCUT2D eigenvalue weighted by atomic mass is 16.5. The highest BCUT2D eigenvalue weighted by molar-refractivity contribution is 5.99. The molecule has 5 nitrogen and oxygen atoms in total. The molecule has 0 aliphatic heterocycles. The van der Waals surface area contributed by atoms with E-state index in [4.69, 9.17) is 4.74 Å². The zero-order valence-electron chi connectivity index (χ0n) is 11.6. The van der Waals surface area contributed by atoms with E-state index in [1.807, 2.05) is 20.8 Å². The van der Waals surface area contributed by atoms with Gasteiger partial charge in [0.1, 0.15) is 11.3 Å². The van der Waals surface area contributed by atoms with Gasteiger partial charge < -0.3 is 14.8 Å². The second kappa shape index (κ2) is 6.78. The van der Waals surface area contributed by atoms with E-state index in [-0.39, 0.29) is 17.5 Å². The fourth-order valence-corrected chi connectivity index (χ4v) is 1.57. The number of rotatable bonds is 5. The zero-order chi connectivity index (χ0) is 14.4. The first-order valence-electron chi connectivity index (χ1n) is 6.15. The van der Waals surface area contributed by atoms with Crippen molar-refractivity contribution in [1.29, 1.82) is 0 Å². The first-order valence-corrected chi connectivity index (χ1v) is 6.15. The Morgan fingerprint density at radius 1 is 1.32 bits per heavy atom. The van der Waals surface area contributed by atoms with Gasteiger partial charge in [-0.05, 0) is 39.0 Å². The largest absolute Gasteiger partial charge is 0.493 e. The smallest absolute Gasteiger partial charge is 0.341 e. The van der Waals surface area contributed by atoms with Gasteiger partial charge in [-0.3, -0.25) is 4.79 Å². The van der Waals surface area contributed by atoms with Crippen molar-refractivity contribution in [3.63, 3.8) is 0 Å². The Morgan fingerprint density at radius 2 is 2.00 bits per heavy atom. The second-order valence-corrected chi connectivity index (χ2v) is 4.26. The fourth-order valence-electron chi connectivity index (χ4n) is 1.57. The van der Waals surface area contributed by atoms with Gasteiger partial charge in [-0.2, -0.15) is 0 Å². The maximum atomic E-state index is 11.9. The van der Waals surface area contributed by atoms with Crippen LogP contribution in [-0.2, 0) is 4.74 Å². The van der Waals surface area contributed by atoms with Gasteiger partial charge in [0, 0.05) is 11.6 Å². The molecule has 1 rings (SSSR count). The van der Waals surface area contributed by atoms with Crippen LogP contribution in [0.25, 0.3) is 0 Å². The van der Waals surface area contributed by atoms with Crippen molar-refractivity contribution in [2.75, 3.05) is 13.7 Å². The van der Waals surface area contributed by atoms with Crippen LogP contribution < -0.4 is 10.1 Å². The zero-order valence-corrected chi connectivity index (χ0v) is 11.6. The van der Waals surface area contributed by atoms with E-state index in [9.17, 15) is 9.59 Å². The van der Waals surface area contributed by atoms with Gasteiger partial charge in [0.2, 0.25) is 0 Å². The molecule has 0 atom stereocenters. The Bertz CT molecular complexity index is 469. The second-order valence-electron chi connectivity index (χ2n) is 4.26. The molecule has 0 saturated carbocycles. The van der Waals surface area contributed by atoms with Crippen molar-refractivity contribution in [1.82, 2.24) is 5.32 Å². The Hall–Kier alpha value is -2.04. The van der Waals surface area contributed by atoms with E-state index in [2.05, 4.69) is 10.1 Å². The molecule has 0 aliphatic rings. The number of ether oxygens (including phenoxy) is 2. The van der Waals surface area contributed by atoms with Crippen LogP contribution in [0.3, 0.4) is 0 Å². The highest BCUT2D eigenvalue weighted by Gasteiger charge is 2.16. The van der Waals surface area contributed by atoms with E-state index < -0.39 is 5.97 Å². The van der Waals surface area contributed by atoms with Crippen LogP contribution in [0.4, 0.5) is 0 Å². The molecule has 1 aromatic carbocycles. The molecule has 0 aromatic heterocycles. The van der Waals surface area contributed by atoms with Crippen molar-refractivity contribution in [3.8, 4) is 5.75 Å². The third-order valence-corrected chi connectivity index (χ3v) is 2.37. The van der Waals surface area contributed by atoms with E-state index in [1.165, 1.54) is 13.2 Å². The summed E-state index contributed by atoms with van der Waals surface area (Å²) in [5, 5.41) is 2.76. The Kier molecular flexibility index (Phi) is 5.36. The quantitative estimate of drug-likeness (QED) is 0.827. The summed E-state index contributed by atoms with van der Waals surface area (Å²) < 4.78 is 10.0. The lowest BCUT2D eigenvalue weighted by Gasteiger charge is -2.12. The lowest BCUT2D eigenvalue weighted by molar-refractivity contribution is 0.0596. The Morgan fingerprint density at radius 3 is 2.53 bits per heavy atom. The minimum Gasteiger partial charge on any atom is -0.493 e. The Balaban J connectivity index is 3.10. The average Bonchev–Trinajstić information content (AvgIpc) is 2.37. The summed E-state index contributed by atoms with van der Waals surface area (Å²) in [6.07, 6.45) is 0. The van der Waals surface area contributed by atoms with E-state index >= 15 is 0 Å². The molecule has 0 fully saturated rings. The molecule has 1 amide bonds. The van der Waals surface area contributed by atoms with E-state index in [1.54, 1.807) is 12.1 Å². The lowest BCUT2D eigenvalue weighted by atomic mass is 10.1. The van der Waals surface area contributed by atoms with Crippen LogP contribution in [-0.4, -0.2) is 31.6 Å². The lowest BCUT2D eigenvalue weighted by Crippen LogP contribution is -2.30. The molecule has 1 N–H and O–H groups in total. The molecule has 5 heteroatoms. The number of esters is 1. The average molecular weight is 265 g/mol. The molecule has 0 radical (unpaired) electrons. The molecule has 0 bridgehead atoms. The summed E-state index contributed by atoms with van der Waals surface area (Å²) in [5.74, 6) is -0.346. The number of methoxy groups -OCH3 is 1. The summed E-state index contributed by atoms with van der Waals surface area (Å²) in [6.45, 7) is 5.99. The number of nitrogens with one attached hydrogen (secondary N) is 1. The molecule has 0 spiro atoms. The van der Waals surface area contributed by atoms with E-state index in [0.29, 0.717) is 17.9 Å². The molecule has 104 valence electrons. The Labute approximate surface area is 112 Å². The van der Waals surface area contributed by atoms with Crippen LogP contribution >= 0.6 is 0 Å². The van der Waals surface area contributed by atoms with Crippen LogP contribution in [0.1, 0.15) is 41.5 Å². The maximum absolute atomic E-state index is 11.9. The topological polar surface area (TPSA) is 64.6 Å². The number of amides is 1. The van der Waals surface area contributed by atoms with Crippen LogP contribution in [0.5, 0.6) is 5.75 Å². The maximum Gasteiger partial charge on any atom is 0.341 e. The third kappa shape index (κ3) is 3.98. The van der Waals surface area contributed by atoms with Gasteiger partial charge in [0.05, 0.1) is 13.7 Å². The minimum absolute atomic E-state index is 0.0284. The van der Waals surface area contributed by atoms with Gasteiger partial charge in [-0.1, -0.05) is 0 Å². The van der Waals surface area contributed by atoms with Crippen molar-refractivity contribution in [3.05, 3.63) is 29.3 Å². The van der Waals surface area contributed by atoms with Crippen LogP contribution in [0, 0.1) is 0 Å². The number of benzene rings is 1. The first kappa shape index (κ1) is 15.0. The standard InChI is InChI=1S/C14H19NO4/c1-5-19-12-7-6-10(13(16)15-9(2)3)8-11(12)14(17)18-4/h6-9H,5H2,1-4H3,(H,15,16). The van der Waals surface area contributed by atoms with Gasteiger partial charge >= 0.3 is 5.97 Å². The molecule has 1 aromatic rings. The predicted molar refractivity (Wildman–Crippen MR) is 71.6 cm³/mol. The van der Waals surface area contributed by atoms with Gasteiger partial charge in [-0.15, -0.1) is 0 Å². The number of hydrogen-bond acceptors (Lipinski definition) is 4. The van der Waals surface area contributed by atoms with Crippen molar-refractivity contribution >= 4 is 11.9 Å². The van der Waals surface area contributed by atoms with Gasteiger partial charge in [0.15, 0.2) is 0 Å². The molecule has 0 saturated heterocycles. The number of carbonyl (C=O) groups is 2. The number of hydrogen-bond donors (Lipinski definition) is 1. The van der Waals surface area contributed by atoms with Crippen LogP contribution in [0.2, 0.25) is 0 Å². The van der Waals surface area contributed by atoms with E-state index in [0.717, 1.165) is 0 Å². The summed E-state index contributed by atoms with van der Waals surface area (Å²) in [6, 6.07) is 4.73. The summed E-state index contributed by atoms with van der Waals surface area (Å²) in [7, 11) is 1.29. The highest BCUT2D eigenvalue weighted by Crippen LogP contribution is 2.21. The summed E-state index contributed by atoms with van der Waals surface area (Å²) in [4.78, 5) is 23.6. The molecular weight excluding hydrogens is 246 g/mol. The van der Waals surface area contributed by atoms with Crippen molar-refractivity contribution in [2.24, 2.45) is 0 Å². The molecule has 0 aliphatic carbocycles. The van der Waals surface area contributed by atoms with Crippen molar-refractivity contribution in [2.45, 2.75) is 26.8 Å². The molecule has 0 heterocycles. The molecule has 0 unspecified atom stereocenters. The number of carbonyl (C=O) groups excluding carboxylic acids is 2. The summed E-state index contributed by atoms with van der Waals surface area (Å²) in [5.41, 5.74) is 0.651. The fraction of sp³-hybridized carbons (Fsp3) is 0.429. The normalized spacial score (nSPS) is 10.2. The van der Waals surface area contributed by atoms with Gasteiger partial charge in [-0.25, -0.2) is 4.79 Å². The third-order valence-electron chi connectivity index (χ3n) is 2.37. The summed E-state index contributed by atoms with van der Waals surface area (Å²) >= 11 is 0. The van der Waals surface area contributed by atoms with Crippen LogP contribution in [0.15, 0.2) is 18.2 Å². The monoisotopic (exact) mass is 265 g/mol. The predicted octanol–water partition coefficient (Wildman–Crippen LogP) is 2.01. The SMILES string of the molecule is CCOc1ccc(C(=O)NC(C)C)cc1C(=O)OC. The molecule has 19 heavy (non-hydrogen) atoms. The first-order chi connectivity index (χ1) is 8.99. The van der Waals surface area contributed by atoms with Crippen molar-refractivity contribution < 1.29 is 19.1 Å².